The smallest absolute Gasteiger partial charge is 0.0991 e. The second-order valence-corrected chi connectivity index (χ2v) is 4.92. The molecule has 0 unspecified atom stereocenters. The van der Waals surface area contributed by atoms with Crippen LogP contribution in [-0.4, -0.2) is 29.2 Å². The third-order valence-electron chi connectivity index (χ3n) is 3.69. The molecular weight excluding hydrogens is 236 g/mol. The first-order chi connectivity index (χ1) is 9.15. The SMILES string of the molecule is CCC(CC)N(CCO)Cc1ccc(C#N)cc1C. The van der Waals surface area contributed by atoms with Crippen LogP contribution in [0.2, 0.25) is 0 Å². The fourth-order valence-corrected chi connectivity index (χ4v) is 2.49. The number of aliphatic hydroxyl groups is 1. The first kappa shape index (κ1) is 15.7. The monoisotopic (exact) mass is 260 g/mol. The van der Waals surface area contributed by atoms with Crippen LogP contribution < -0.4 is 0 Å². The molecule has 0 aliphatic rings. The Morgan fingerprint density at radius 1 is 1.32 bits per heavy atom. The minimum Gasteiger partial charge on any atom is -0.395 e. The summed E-state index contributed by atoms with van der Waals surface area (Å²) < 4.78 is 0. The molecule has 0 atom stereocenters. The van der Waals surface area contributed by atoms with Gasteiger partial charge in [0.2, 0.25) is 0 Å². The Morgan fingerprint density at radius 3 is 2.47 bits per heavy atom. The Balaban J connectivity index is 2.87. The van der Waals surface area contributed by atoms with E-state index in [1.165, 1.54) is 5.56 Å². The standard InChI is InChI=1S/C16H24N2O/c1-4-16(5-2)18(8-9-19)12-15-7-6-14(11-17)10-13(15)3/h6-7,10,16,19H,4-5,8-9,12H2,1-3H3. The molecule has 3 heteroatoms. The lowest BCUT2D eigenvalue weighted by molar-refractivity contribution is 0.136. The van der Waals surface area contributed by atoms with Crippen molar-refractivity contribution in [1.29, 1.82) is 5.26 Å². The average Bonchev–Trinajstić information content (AvgIpc) is 2.42. The molecular formula is C16H24N2O. The molecule has 3 nitrogen and oxygen atoms in total. The Hall–Kier alpha value is -1.37. The van der Waals surface area contributed by atoms with Crippen LogP contribution in [-0.2, 0) is 6.54 Å². The summed E-state index contributed by atoms with van der Waals surface area (Å²) in [7, 11) is 0. The highest BCUT2D eigenvalue weighted by molar-refractivity contribution is 5.37. The van der Waals surface area contributed by atoms with E-state index in [1.807, 2.05) is 25.1 Å². The van der Waals surface area contributed by atoms with Gasteiger partial charge in [-0.3, -0.25) is 4.90 Å². The van der Waals surface area contributed by atoms with Gasteiger partial charge in [0.05, 0.1) is 18.2 Å². The topological polar surface area (TPSA) is 47.3 Å². The molecule has 19 heavy (non-hydrogen) atoms. The molecule has 0 spiro atoms. The summed E-state index contributed by atoms with van der Waals surface area (Å²) in [6.45, 7) is 8.14. The summed E-state index contributed by atoms with van der Waals surface area (Å²) in [6, 6.07) is 8.49. The van der Waals surface area contributed by atoms with Gasteiger partial charge in [-0.2, -0.15) is 5.26 Å². The normalized spacial score (nSPS) is 11.0. The first-order valence-electron chi connectivity index (χ1n) is 7.00. The van der Waals surface area contributed by atoms with Crippen LogP contribution in [0.1, 0.15) is 43.4 Å². The second kappa shape index (κ2) is 7.93. The highest BCUT2D eigenvalue weighted by atomic mass is 16.3. The lowest BCUT2D eigenvalue weighted by Crippen LogP contribution is -2.36. The van der Waals surface area contributed by atoms with Crippen molar-refractivity contribution in [2.75, 3.05) is 13.2 Å². The predicted octanol–water partition coefficient (Wildman–Crippen LogP) is 2.85. The van der Waals surface area contributed by atoms with Gasteiger partial charge in [-0.1, -0.05) is 19.9 Å². The zero-order valence-corrected chi connectivity index (χ0v) is 12.2. The third kappa shape index (κ3) is 4.34. The highest BCUT2D eigenvalue weighted by Gasteiger charge is 2.15. The van der Waals surface area contributed by atoms with E-state index in [-0.39, 0.29) is 6.61 Å². The van der Waals surface area contributed by atoms with Crippen molar-refractivity contribution in [3.63, 3.8) is 0 Å². The highest BCUT2D eigenvalue weighted by Crippen LogP contribution is 2.17. The van der Waals surface area contributed by atoms with Crippen LogP contribution in [0.5, 0.6) is 0 Å². The van der Waals surface area contributed by atoms with E-state index in [1.54, 1.807) is 0 Å². The lowest BCUT2D eigenvalue weighted by atomic mass is 10.0. The van der Waals surface area contributed by atoms with Gasteiger partial charge < -0.3 is 5.11 Å². The first-order valence-corrected chi connectivity index (χ1v) is 7.00. The zero-order valence-electron chi connectivity index (χ0n) is 12.2. The molecule has 0 radical (unpaired) electrons. The van der Waals surface area contributed by atoms with Crippen molar-refractivity contribution in [1.82, 2.24) is 4.90 Å². The van der Waals surface area contributed by atoms with Crippen molar-refractivity contribution in [3.8, 4) is 6.07 Å². The van der Waals surface area contributed by atoms with Crippen LogP contribution in [0, 0.1) is 18.3 Å². The molecule has 1 rings (SSSR count). The Kier molecular flexibility index (Phi) is 6.55. The number of hydrogen-bond donors (Lipinski definition) is 1. The molecule has 0 fully saturated rings. The average molecular weight is 260 g/mol. The summed E-state index contributed by atoms with van der Waals surface area (Å²) in [5.74, 6) is 0. The quantitative estimate of drug-likeness (QED) is 0.820. The molecule has 0 aromatic heterocycles. The molecule has 0 bridgehead atoms. The summed E-state index contributed by atoms with van der Waals surface area (Å²) in [4.78, 5) is 2.33. The van der Waals surface area contributed by atoms with Crippen molar-refractivity contribution in [2.45, 2.75) is 46.2 Å². The molecule has 0 aliphatic carbocycles. The van der Waals surface area contributed by atoms with Gasteiger partial charge in [0.25, 0.3) is 0 Å². The Morgan fingerprint density at radius 2 is 2.00 bits per heavy atom. The van der Waals surface area contributed by atoms with Crippen LogP contribution in [0.4, 0.5) is 0 Å². The lowest BCUT2D eigenvalue weighted by Gasteiger charge is -2.30. The van der Waals surface area contributed by atoms with Crippen LogP contribution in [0.25, 0.3) is 0 Å². The maximum absolute atomic E-state index is 9.22. The van der Waals surface area contributed by atoms with Crippen LogP contribution >= 0.6 is 0 Å². The van der Waals surface area contributed by atoms with E-state index in [9.17, 15) is 5.11 Å². The molecule has 1 aromatic rings. The van der Waals surface area contributed by atoms with Gasteiger partial charge in [0.15, 0.2) is 0 Å². The maximum atomic E-state index is 9.22. The van der Waals surface area contributed by atoms with Crippen molar-refractivity contribution in [2.24, 2.45) is 0 Å². The molecule has 0 saturated heterocycles. The Labute approximate surface area is 116 Å². The fourth-order valence-electron chi connectivity index (χ4n) is 2.49. The van der Waals surface area contributed by atoms with Crippen molar-refractivity contribution < 1.29 is 5.11 Å². The van der Waals surface area contributed by atoms with Gasteiger partial charge in [0.1, 0.15) is 0 Å². The van der Waals surface area contributed by atoms with E-state index in [0.29, 0.717) is 18.2 Å². The summed E-state index contributed by atoms with van der Waals surface area (Å²) >= 11 is 0. The number of nitrogens with zero attached hydrogens (tertiary/aromatic N) is 2. The second-order valence-electron chi connectivity index (χ2n) is 4.92. The van der Waals surface area contributed by atoms with Crippen molar-refractivity contribution in [3.05, 3.63) is 34.9 Å². The van der Waals surface area contributed by atoms with Crippen molar-refractivity contribution >= 4 is 0 Å². The van der Waals surface area contributed by atoms with E-state index in [4.69, 9.17) is 5.26 Å². The van der Waals surface area contributed by atoms with Gasteiger partial charge in [-0.05, 0) is 43.0 Å². The molecule has 1 aromatic carbocycles. The van der Waals surface area contributed by atoms with E-state index < -0.39 is 0 Å². The number of nitriles is 1. The van der Waals surface area contributed by atoms with E-state index >= 15 is 0 Å². The minimum absolute atomic E-state index is 0.186. The molecule has 0 aliphatic heterocycles. The molecule has 1 N–H and O–H groups in total. The molecule has 0 amide bonds. The van der Waals surface area contributed by atoms with Crippen LogP contribution in [0.15, 0.2) is 18.2 Å². The Bertz CT molecular complexity index is 433. The summed E-state index contributed by atoms with van der Waals surface area (Å²) in [6.07, 6.45) is 2.18. The minimum atomic E-state index is 0.186. The molecule has 0 heterocycles. The van der Waals surface area contributed by atoms with E-state index in [2.05, 4.69) is 24.8 Å². The number of aryl methyl sites for hydroxylation is 1. The predicted molar refractivity (Wildman–Crippen MR) is 77.8 cm³/mol. The van der Waals surface area contributed by atoms with Gasteiger partial charge in [-0.15, -0.1) is 0 Å². The van der Waals surface area contributed by atoms with E-state index in [0.717, 1.165) is 24.9 Å². The molecule has 0 saturated carbocycles. The van der Waals surface area contributed by atoms with Gasteiger partial charge in [-0.25, -0.2) is 0 Å². The maximum Gasteiger partial charge on any atom is 0.0991 e. The molecule has 104 valence electrons. The van der Waals surface area contributed by atoms with Crippen LogP contribution in [0.3, 0.4) is 0 Å². The van der Waals surface area contributed by atoms with Gasteiger partial charge >= 0.3 is 0 Å². The fraction of sp³-hybridized carbons (Fsp3) is 0.562. The zero-order chi connectivity index (χ0) is 14.3. The van der Waals surface area contributed by atoms with Gasteiger partial charge in [0, 0.05) is 19.1 Å². The summed E-state index contributed by atoms with van der Waals surface area (Å²) in [5.41, 5.74) is 3.09. The summed E-state index contributed by atoms with van der Waals surface area (Å²) in [5, 5.41) is 18.1. The number of rotatable bonds is 7. The number of aliphatic hydroxyl groups excluding tert-OH is 1. The number of hydrogen-bond acceptors (Lipinski definition) is 3. The number of benzene rings is 1. The third-order valence-corrected chi connectivity index (χ3v) is 3.69. The largest absolute Gasteiger partial charge is 0.395 e.